The molecule has 3 nitrogen and oxygen atoms in total. The van der Waals surface area contributed by atoms with Gasteiger partial charge in [-0.2, -0.15) is 0 Å². The first-order valence-corrected chi connectivity index (χ1v) is 7.30. The van der Waals surface area contributed by atoms with E-state index in [4.69, 9.17) is 5.11 Å². The zero-order valence-corrected chi connectivity index (χ0v) is 12.6. The van der Waals surface area contributed by atoms with Crippen molar-refractivity contribution in [2.75, 3.05) is 11.9 Å². The van der Waals surface area contributed by atoms with Crippen LogP contribution in [0.4, 0.5) is 5.69 Å². The molecule has 2 rings (SSSR count). The highest BCUT2D eigenvalue weighted by Crippen LogP contribution is 2.32. The van der Waals surface area contributed by atoms with Gasteiger partial charge in [0.1, 0.15) is 0 Å². The van der Waals surface area contributed by atoms with Crippen molar-refractivity contribution in [3.63, 3.8) is 0 Å². The van der Waals surface area contributed by atoms with Crippen LogP contribution in [0.3, 0.4) is 0 Å². The van der Waals surface area contributed by atoms with Crippen LogP contribution < -0.4 is 4.90 Å². The van der Waals surface area contributed by atoms with Gasteiger partial charge in [0.2, 0.25) is 0 Å². The first kappa shape index (κ1) is 14.1. The van der Waals surface area contributed by atoms with Crippen molar-refractivity contribution in [1.82, 2.24) is 0 Å². The molecule has 1 aliphatic carbocycles. The molecule has 1 aromatic carbocycles. The lowest BCUT2D eigenvalue weighted by atomic mass is 10.1. The molecule has 0 radical (unpaired) electrons. The first-order chi connectivity index (χ1) is 9.08. The Bertz CT molecular complexity index is 493. The second kappa shape index (κ2) is 6.24. The van der Waals surface area contributed by atoms with E-state index in [0.29, 0.717) is 6.04 Å². The summed E-state index contributed by atoms with van der Waals surface area (Å²) in [5.74, 6) is -0.928. The van der Waals surface area contributed by atoms with Gasteiger partial charge < -0.3 is 10.0 Å². The standard InChI is InChI=1S/C15H18BrNO2/c1-17(12-4-2-3-5-12)14-8-6-11(10-13(14)16)7-9-15(18)19/h6-10,12H,2-5H2,1H3,(H,18,19)/b9-7+. The third kappa shape index (κ3) is 3.60. The fourth-order valence-corrected chi connectivity index (χ4v) is 3.24. The Hall–Kier alpha value is -1.29. The average molecular weight is 324 g/mol. The summed E-state index contributed by atoms with van der Waals surface area (Å²) in [7, 11) is 2.13. The van der Waals surface area contributed by atoms with E-state index in [1.54, 1.807) is 6.08 Å². The molecule has 1 saturated carbocycles. The second-order valence-corrected chi connectivity index (χ2v) is 5.79. The molecule has 0 unspecified atom stereocenters. The zero-order chi connectivity index (χ0) is 13.8. The van der Waals surface area contributed by atoms with Gasteiger partial charge in [0.25, 0.3) is 0 Å². The first-order valence-electron chi connectivity index (χ1n) is 6.51. The van der Waals surface area contributed by atoms with E-state index in [-0.39, 0.29) is 0 Å². The Balaban J connectivity index is 2.16. The zero-order valence-electron chi connectivity index (χ0n) is 11.0. The number of anilines is 1. The van der Waals surface area contributed by atoms with E-state index in [1.807, 2.05) is 18.2 Å². The fourth-order valence-electron chi connectivity index (χ4n) is 2.57. The summed E-state index contributed by atoms with van der Waals surface area (Å²) < 4.78 is 1.01. The maximum atomic E-state index is 10.5. The van der Waals surface area contributed by atoms with Crippen LogP contribution in [-0.2, 0) is 4.79 Å². The highest BCUT2D eigenvalue weighted by Gasteiger charge is 2.21. The Morgan fingerprint density at radius 3 is 2.68 bits per heavy atom. The summed E-state index contributed by atoms with van der Waals surface area (Å²) in [4.78, 5) is 12.8. The number of carbonyl (C=O) groups is 1. The molecular weight excluding hydrogens is 306 g/mol. The number of halogens is 1. The molecule has 0 bridgehead atoms. The number of hydrogen-bond donors (Lipinski definition) is 1. The Labute approximate surface area is 122 Å². The molecule has 1 fully saturated rings. The number of aliphatic carboxylic acids is 1. The Morgan fingerprint density at radius 2 is 2.11 bits per heavy atom. The molecule has 1 aromatic rings. The predicted molar refractivity (Wildman–Crippen MR) is 81.5 cm³/mol. The van der Waals surface area contributed by atoms with Crippen molar-refractivity contribution in [3.8, 4) is 0 Å². The molecule has 0 heterocycles. The summed E-state index contributed by atoms with van der Waals surface area (Å²) in [6, 6.07) is 6.58. The summed E-state index contributed by atoms with van der Waals surface area (Å²) in [5, 5.41) is 8.62. The predicted octanol–water partition coefficient (Wildman–Crippen LogP) is 3.93. The lowest BCUT2D eigenvalue weighted by Gasteiger charge is -2.27. The molecule has 0 saturated heterocycles. The maximum Gasteiger partial charge on any atom is 0.328 e. The van der Waals surface area contributed by atoms with Crippen LogP contribution in [0, 0.1) is 0 Å². The molecule has 0 amide bonds. The summed E-state index contributed by atoms with van der Waals surface area (Å²) in [6.07, 6.45) is 7.89. The molecule has 102 valence electrons. The minimum atomic E-state index is -0.928. The van der Waals surface area contributed by atoms with E-state index in [1.165, 1.54) is 31.4 Å². The van der Waals surface area contributed by atoms with Crippen molar-refractivity contribution in [2.24, 2.45) is 0 Å². The van der Waals surface area contributed by atoms with Gasteiger partial charge in [0.05, 0.1) is 5.69 Å². The van der Waals surface area contributed by atoms with Crippen molar-refractivity contribution >= 4 is 33.7 Å². The van der Waals surface area contributed by atoms with E-state index in [0.717, 1.165) is 16.1 Å². The minimum absolute atomic E-state index is 0.622. The van der Waals surface area contributed by atoms with E-state index in [2.05, 4.69) is 27.9 Å². The number of rotatable bonds is 4. The summed E-state index contributed by atoms with van der Waals surface area (Å²) in [5.41, 5.74) is 2.05. The molecule has 0 atom stereocenters. The number of hydrogen-bond acceptors (Lipinski definition) is 2. The van der Waals surface area contributed by atoms with Crippen LogP contribution in [-0.4, -0.2) is 24.2 Å². The third-order valence-corrected chi connectivity index (χ3v) is 4.28. The van der Waals surface area contributed by atoms with Gasteiger partial charge >= 0.3 is 5.97 Å². The molecule has 0 aromatic heterocycles. The summed E-state index contributed by atoms with van der Waals surface area (Å²) in [6.45, 7) is 0. The molecule has 1 aliphatic rings. The van der Waals surface area contributed by atoms with Crippen molar-refractivity contribution < 1.29 is 9.90 Å². The molecule has 19 heavy (non-hydrogen) atoms. The Kier molecular flexibility index (Phi) is 4.64. The van der Waals surface area contributed by atoms with Gasteiger partial charge in [-0.3, -0.25) is 0 Å². The van der Waals surface area contributed by atoms with Crippen LogP contribution in [0.5, 0.6) is 0 Å². The lowest BCUT2D eigenvalue weighted by molar-refractivity contribution is -0.131. The maximum absolute atomic E-state index is 10.5. The van der Waals surface area contributed by atoms with Crippen LogP contribution in [0.25, 0.3) is 6.08 Å². The molecule has 0 aliphatic heterocycles. The van der Waals surface area contributed by atoms with E-state index >= 15 is 0 Å². The topological polar surface area (TPSA) is 40.5 Å². The van der Waals surface area contributed by atoms with Crippen LogP contribution in [0.15, 0.2) is 28.7 Å². The molecular formula is C15H18BrNO2. The van der Waals surface area contributed by atoms with Crippen LogP contribution >= 0.6 is 15.9 Å². The van der Waals surface area contributed by atoms with E-state index < -0.39 is 5.97 Å². The summed E-state index contributed by atoms with van der Waals surface area (Å²) >= 11 is 3.58. The van der Waals surface area contributed by atoms with Gasteiger partial charge in [-0.05, 0) is 52.5 Å². The van der Waals surface area contributed by atoms with Gasteiger partial charge in [0, 0.05) is 23.6 Å². The molecule has 4 heteroatoms. The number of nitrogens with zero attached hydrogens (tertiary/aromatic N) is 1. The van der Waals surface area contributed by atoms with Crippen molar-refractivity contribution in [2.45, 2.75) is 31.7 Å². The highest BCUT2D eigenvalue weighted by atomic mass is 79.9. The average Bonchev–Trinajstić information content (AvgIpc) is 2.89. The minimum Gasteiger partial charge on any atom is -0.478 e. The number of benzene rings is 1. The van der Waals surface area contributed by atoms with Gasteiger partial charge in [0.15, 0.2) is 0 Å². The highest BCUT2D eigenvalue weighted by molar-refractivity contribution is 9.10. The van der Waals surface area contributed by atoms with Crippen molar-refractivity contribution in [1.29, 1.82) is 0 Å². The second-order valence-electron chi connectivity index (χ2n) is 4.93. The quantitative estimate of drug-likeness (QED) is 0.853. The lowest BCUT2D eigenvalue weighted by Crippen LogP contribution is -2.28. The number of carboxylic acids is 1. The number of carboxylic acid groups (broad SMARTS) is 1. The molecule has 0 spiro atoms. The monoisotopic (exact) mass is 323 g/mol. The Morgan fingerprint density at radius 1 is 1.42 bits per heavy atom. The van der Waals surface area contributed by atoms with Gasteiger partial charge in [-0.1, -0.05) is 18.9 Å². The smallest absolute Gasteiger partial charge is 0.328 e. The van der Waals surface area contributed by atoms with Gasteiger partial charge in [-0.15, -0.1) is 0 Å². The fraction of sp³-hybridized carbons (Fsp3) is 0.400. The SMILES string of the molecule is CN(c1ccc(/C=C/C(=O)O)cc1Br)C1CCCC1. The largest absolute Gasteiger partial charge is 0.478 e. The van der Waals surface area contributed by atoms with Gasteiger partial charge in [-0.25, -0.2) is 4.79 Å². The van der Waals surface area contributed by atoms with Crippen LogP contribution in [0.1, 0.15) is 31.2 Å². The van der Waals surface area contributed by atoms with Crippen molar-refractivity contribution in [3.05, 3.63) is 34.3 Å². The van der Waals surface area contributed by atoms with Crippen LogP contribution in [0.2, 0.25) is 0 Å². The third-order valence-electron chi connectivity index (χ3n) is 3.64. The normalized spacial score (nSPS) is 16.1. The molecule has 1 N–H and O–H groups in total. The van der Waals surface area contributed by atoms with E-state index in [9.17, 15) is 4.79 Å².